The monoisotopic (exact) mass is 316 g/mol. The molecule has 2 aromatic heterocycles. The van der Waals surface area contributed by atoms with Crippen LogP contribution in [0, 0.1) is 6.92 Å². The van der Waals surface area contributed by atoms with Gasteiger partial charge in [0.05, 0.1) is 13.2 Å². The number of aryl methyl sites for hydroxylation is 1. The van der Waals surface area contributed by atoms with E-state index in [1.165, 1.54) is 11.7 Å². The van der Waals surface area contributed by atoms with E-state index in [9.17, 15) is 8.42 Å². The van der Waals surface area contributed by atoms with Gasteiger partial charge in [0, 0.05) is 35.2 Å². The lowest BCUT2D eigenvalue weighted by molar-refractivity contribution is 0.185. The van der Waals surface area contributed by atoms with Gasteiger partial charge < -0.3 is 4.74 Å². The lowest BCUT2D eigenvalue weighted by Gasteiger charge is -2.08. The van der Waals surface area contributed by atoms with Crippen LogP contribution < -0.4 is 0 Å². The Balaban J connectivity index is 2.56. The Bertz CT molecular complexity index is 714. The lowest BCUT2D eigenvalue weighted by atomic mass is 10.2. The number of hydrogen-bond donors (Lipinski definition) is 0. The van der Waals surface area contributed by atoms with E-state index >= 15 is 0 Å². The molecule has 0 atom stereocenters. The summed E-state index contributed by atoms with van der Waals surface area (Å²) in [7, 11) is 2.92. The molecule has 0 saturated carbocycles. The standard InChI is InChI=1S/C11H13ClN4O3S/c1-8-7-9(3-4-13-8)10-14-15-11(20(12,17)18)16(10)5-6-19-2/h3-4,7H,5-6H2,1-2H3. The summed E-state index contributed by atoms with van der Waals surface area (Å²) in [6.45, 7) is 2.43. The van der Waals surface area contributed by atoms with E-state index in [1.54, 1.807) is 18.3 Å². The van der Waals surface area contributed by atoms with E-state index in [2.05, 4.69) is 15.2 Å². The molecule has 0 aromatic carbocycles. The lowest BCUT2D eigenvalue weighted by Crippen LogP contribution is -2.11. The molecule has 0 N–H and O–H groups in total. The number of ether oxygens (including phenoxy) is 1. The molecule has 0 spiro atoms. The normalized spacial score (nSPS) is 11.8. The summed E-state index contributed by atoms with van der Waals surface area (Å²) in [6, 6.07) is 3.52. The summed E-state index contributed by atoms with van der Waals surface area (Å²) < 4.78 is 29.4. The van der Waals surface area contributed by atoms with Gasteiger partial charge in [0.15, 0.2) is 5.82 Å². The van der Waals surface area contributed by atoms with Crippen LogP contribution in [-0.4, -0.2) is 41.9 Å². The van der Waals surface area contributed by atoms with Crippen molar-refractivity contribution in [1.82, 2.24) is 19.7 Å². The molecule has 9 heteroatoms. The zero-order valence-electron chi connectivity index (χ0n) is 10.9. The summed E-state index contributed by atoms with van der Waals surface area (Å²) in [5.74, 6) is 0.409. The van der Waals surface area contributed by atoms with Crippen LogP contribution in [0.5, 0.6) is 0 Å². The van der Waals surface area contributed by atoms with Crippen molar-refractivity contribution in [3.05, 3.63) is 24.0 Å². The number of halogens is 1. The first-order valence-corrected chi connectivity index (χ1v) is 8.04. The van der Waals surface area contributed by atoms with Gasteiger partial charge in [0.25, 0.3) is 14.2 Å². The highest BCUT2D eigenvalue weighted by molar-refractivity contribution is 8.13. The summed E-state index contributed by atoms with van der Waals surface area (Å²) >= 11 is 0. The highest BCUT2D eigenvalue weighted by Gasteiger charge is 2.23. The fraction of sp³-hybridized carbons (Fsp3) is 0.364. The molecule has 0 aliphatic rings. The minimum absolute atomic E-state index is 0.279. The molecule has 20 heavy (non-hydrogen) atoms. The fourth-order valence-electron chi connectivity index (χ4n) is 1.75. The third-order valence-electron chi connectivity index (χ3n) is 2.61. The van der Waals surface area contributed by atoms with E-state index in [1.807, 2.05) is 6.92 Å². The van der Waals surface area contributed by atoms with Gasteiger partial charge in [-0.25, -0.2) is 8.42 Å². The van der Waals surface area contributed by atoms with Gasteiger partial charge in [-0.2, -0.15) is 0 Å². The first-order chi connectivity index (χ1) is 9.43. The topological polar surface area (TPSA) is 87.0 Å². The third-order valence-corrected chi connectivity index (χ3v) is 3.76. The van der Waals surface area contributed by atoms with Gasteiger partial charge in [0.1, 0.15) is 0 Å². The van der Waals surface area contributed by atoms with Crippen molar-refractivity contribution in [2.24, 2.45) is 0 Å². The molecule has 0 aliphatic carbocycles. The number of pyridine rings is 1. The van der Waals surface area contributed by atoms with Crippen LogP contribution in [0.4, 0.5) is 0 Å². The molecule has 2 heterocycles. The molecule has 0 radical (unpaired) electrons. The molecule has 7 nitrogen and oxygen atoms in total. The third kappa shape index (κ3) is 3.14. The van der Waals surface area contributed by atoms with Crippen molar-refractivity contribution in [2.45, 2.75) is 18.6 Å². The second kappa shape index (κ2) is 5.86. The Morgan fingerprint density at radius 2 is 2.15 bits per heavy atom. The van der Waals surface area contributed by atoms with E-state index < -0.39 is 9.05 Å². The van der Waals surface area contributed by atoms with Crippen LogP contribution in [0.2, 0.25) is 0 Å². The predicted octanol–water partition coefficient (Wildman–Crippen LogP) is 1.22. The average Bonchev–Trinajstić information content (AvgIpc) is 2.79. The van der Waals surface area contributed by atoms with Crippen molar-refractivity contribution in [1.29, 1.82) is 0 Å². The molecule has 0 fully saturated rings. The summed E-state index contributed by atoms with van der Waals surface area (Å²) in [5, 5.41) is 7.29. The van der Waals surface area contributed by atoms with Gasteiger partial charge in [-0.15, -0.1) is 10.2 Å². The van der Waals surface area contributed by atoms with Crippen LogP contribution in [0.3, 0.4) is 0 Å². The van der Waals surface area contributed by atoms with Crippen LogP contribution in [0.1, 0.15) is 5.69 Å². The summed E-state index contributed by atoms with van der Waals surface area (Å²) in [4.78, 5) is 4.09. The molecule has 0 saturated heterocycles. The van der Waals surface area contributed by atoms with Gasteiger partial charge in [-0.1, -0.05) is 0 Å². The molecule has 0 amide bonds. The van der Waals surface area contributed by atoms with E-state index in [4.69, 9.17) is 15.4 Å². The van der Waals surface area contributed by atoms with Crippen molar-refractivity contribution in [2.75, 3.05) is 13.7 Å². The van der Waals surface area contributed by atoms with E-state index in [0.717, 1.165) is 5.69 Å². The number of methoxy groups -OCH3 is 1. The van der Waals surface area contributed by atoms with Crippen molar-refractivity contribution < 1.29 is 13.2 Å². The highest BCUT2D eigenvalue weighted by atomic mass is 35.7. The Hall–Kier alpha value is -1.51. The molecule has 2 aromatic rings. The number of rotatable bonds is 5. The SMILES string of the molecule is COCCn1c(-c2ccnc(C)c2)nnc1S(=O)(=O)Cl. The number of hydrogen-bond acceptors (Lipinski definition) is 6. The second-order valence-electron chi connectivity index (χ2n) is 4.07. The maximum absolute atomic E-state index is 11.5. The van der Waals surface area contributed by atoms with Gasteiger partial charge in [0.2, 0.25) is 0 Å². The predicted molar refractivity (Wildman–Crippen MR) is 72.9 cm³/mol. The van der Waals surface area contributed by atoms with Gasteiger partial charge in [-0.3, -0.25) is 9.55 Å². The quantitative estimate of drug-likeness (QED) is 0.771. The van der Waals surface area contributed by atoms with Crippen molar-refractivity contribution >= 4 is 19.7 Å². The molecule has 0 aliphatic heterocycles. The van der Waals surface area contributed by atoms with Crippen LogP contribution in [0.25, 0.3) is 11.4 Å². The Kier molecular flexibility index (Phi) is 4.36. The number of aromatic nitrogens is 4. The van der Waals surface area contributed by atoms with E-state index in [0.29, 0.717) is 18.0 Å². The second-order valence-corrected chi connectivity index (χ2v) is 6.53. The Labute approximate surface area is 121 Å². The molecular weight excluding hydrogens is 304 g/mol. The first-order valence-electron chi connectivity index (χ1n) is 5.73. The van der Waals surface area contributed by atoms with Crippen LogP contribution in [0.15, 0.2) is 23.5 Å². The molecule has 2 rings (SSSR count). The molecule has 0 bridgehead atoms. The molecular formula is C11H13ClN4O3S. The number of nitrogens with zero attached hydrogens (tertiary/aromatic N) is 4. The minimum Gasteiger partial charge on any atom is -0.383 e. The zero-order chi connectivity index (χ0) is 14.8. The Morgan fingerprint density at radius 3 is 2.75 bits per heavy atom. The summed E-state index contributed by atoms with van der Waals surface area (Å²) in [5.41, 5.74) is 1.51. The highest BCUT2D eigenvalue weighted by Crippen LogP contribution is 2.22. The van der Waals surface area contributed by atoms with Gasteiger partial charge >= 0.3 is 0 Å². The molecule has 108 valence electrons. The van der Waals surface area contributed by atoms with Crippen molar-refractivity contribution in [3.63, 3.8) is 0 Å². The fourth-order valence-corrected chi connectivity index (χ4v) is 2.67. The van der Waals surface area contributed by atoms with E-state index in [-0.39, 0.29) is 11.7 Å². The Morgan fingerprint density at radius 1 is 1.40 bits per heavy atom. The van der Waals surface area contributed by atoms with Crippen LogP contribution in [-0.2, 0) is 20.3 Å². The first kappa shape index (κ1) is 14.9. The molecule has 0 unspecified atom stereocenters. The average molecular weight is 317 g/mol. The van der Waals surface area contributed by atoms with Crippen molar-refractivity contribution in [3.8, 4) is 11.4 Å². The minimum atomic E-state index is -3.97. The summed E-state index contributed by atoms with van der Waals surface area (Å²) in [6.07, 6.45) is 1.62. The van der Waals surface area contributed by atoms with Crippen LogP contribution >= 0.6 is 10.7 Å². The maximum Gasteiger partial charge on any atom is 0.296 e. The zero-order valence-corrected chi connectivity index (χ0v) is 12.5. The maximum atomic E-state index is 11.5. The largest absolute Gasteiger partial charge is 0.383 e. The smallest absolute Gasteiger partial charge is 0.296 e. The van der Waals surface area contributed by atoms with Gasteiger partial charge in [-0.05, 0) is 19.1 Å².